The van der Waals surface area contributed by atoms with Gasteiger partial charge in [-0.2, -0.15) is 5.26 Å². The first-order chi connectivity index (χ1) is 14.6. The van der Waals surface area contributed by atoms with Gasteiger partial charge in [0.1, 0.15) is 23.1 Å². The van der Waals surface area contributed by atoms with E-state index in [0.29, 0.717) is 5.56 Å². The SMILES string of the molecule is CNc1cc(-c2c[nH]c3ncc(-c4cccc(/C=C(\C#N)C(N)=O)c4)cc23)ccn1. The van der Waals surface area contributed by atoms with Crippen molar-refractivity contribution in [1.29, 1.82) is 5.26 Å². The molecule has 3 aromatic heterocycles. The van der Waals surface area contributed by atoms with Gasteiger partial charge in [-0.25, -0.2) is 9.97 Å². The Labute approximate surface area is 172 Å². The summed E-state index contributed by atoms with van der Waals surface area (Å²) < 4.78 is 0. The van der Waals surface area contributed by atoms with Crippen LogP contribution < -0.4 is 11.1 Å². The highest BCUT2D eigenvalue weighted by Crippen LogP contribution is 2.32. The van der Waals surface area contributed by atoms with Gasteiger partial charge < -0.3 is 16.0 Å². The van der Waals surface area contributed by atoms with Crippen molar-refractivity contribution < 1.29 is 4.79 Å². The molecule has 0 aliphatic heterocycles. The van der Waals surface area contributed by atoms with Gasteiger partial charge in [-0.05, 0) is 47.0 Å². The lowest BCUT2D eigenvalue weighted by Gasteiger charge is -2.06. The lowest BCUT2D eigenvalue weighted by atomic mass is 10.0. The molecule has 1 aromatic carbocycles. The Kier molecular flexibility index (Phi) is 4.97. The first-order valence-electron chi connectivity index (χ1n) is 9.22. The second-order valence-corrected chi connectivity index (χ2v) is 6.66. The number of nitriles is 1. The molecular formula is C23H18N6O. The molecule has 146 valence electrons. The largest absolute Gasteiger partial charge is 0.373 e. The molecule has 0 aliphatic rings. The highest BCUT2D eigenvalue weighted by Gasteiger charge is 2.10. The number of primary amides is 1. The van der Waals surface area contributed by atoms with Crippen LogP contribution in [0.15, 0.2) is 66.6 Å². The number of fused-ring (bicyclic) bond motifs is 1. The Morgan fingerprint density at radius 2 is 2.03 bits per heavy atom. The maximum absolute atomic E-state index is 11.3. The lowest BCUT2D eigenvalue weighted by Crippen LogP contribution is -2.12. The first-order valence-corrected chi connectivity index (χ1v) is 9.22. The van der Waals surface area contributed by atoms with E-state index in [2.05, 4.69) is 26.3 Å². The van der Waals surface area contributed by atoms with Crippen LogP contribution in [0.1, 0.15) is 5.56 Å². The number of carbonyl (C=O) groups is 1. The number of pyridine rings is 2. The first kappa shape index (κ1) is 18.9. The van der Waals surface area contributed by atoms with Crippen LogP contribution in [0.25, 0.3) is 39.4 Å². The molecular weight excluding hydrogens is 376 g/mol. The number of aromatic nitrogens is 3. The minimum Gasteiger partial charge on any atom is -0.373 e. The van der Waals surface area contributed by atoms with Crippen LogP contribution in [0, 0.1) is 11.3 Å². The highest BCUT2D eigenvalue weighted by atomic mass is 16.1. The molecule has 0 radical (unpaired) electrons. The van der Waals surface area contributed by atoms with Gasteiger partial charge in [0.05, 0.1) is 0 Å². The zero-order valence-corrected chi connectivity index (χ0v) is 16.2. The minimum atomic E-state index is -0.749. The van der Waals surface area contributed by atoms with E-state index < -0.39 is 5.91 Å². The minimum absolute atomic E-state index is 0.0910. The second-order valence-electron chi connectivity index (χ2n) is 6.66. The van der Waals surface area contributed by atoms with Crippen molar-refractivity contribution in [3.05, 3.63) is 72.2 Å². The van der Waals surface area contributed by atoms with E-state index in [-0.39, 0.29) is 5.57 Å². The summed E-state index contributed by atoms with van der Waals surface area (Å²) in [5.74, 6) is 0.0365. The Bertz CT molecular complexity index is 1330. The molecule has 3 heterocycles. The number of amides is 1. The quantitative estimate of drug-likeness (QED) is 0.352. The predicted octanol–water partition coefficient (Wildman–Crippen LogP) is 3.73. The number of aromatic amines is 1. The molecule has 0 saturated carbocycles. The normalized spacial score (nSPS) is 11.3. The van der Waals surface area contributed by atoms with Gasteiger partial charge >= 0.3 is 0 Å². The Hall–Kier alpha value is -4.44. The van der Waals surface area contributed by atoms with Crippen LogP contribution in [0.3, 0.4) is 0 Å². The average Bonchev–Trinajstić information content (AvgIpc) is 3.20. The molecule has 4 N–H and O–H groups in total. The summed E-state index contributed by atoms with van der Waals surface area (Å²) in [6.07, 6.45) is 6.96. The fourth-order valence-electron chi connectivity index (χ4n) is 3.27. The van der Waals surface area contributed by atoms with E-state index in [0.717, 1.165) is 39.1 Å². The number of hydrogen-bond donors (Lipinski definition) is 3. The number of hydrogen-bond acceptors (Lipinski definition) is 5. The fraction of sp³-hybridized carbons (Fsp3) is 0.0435. The van der Waals surface area contributed by atoms with Crippen LogP contribution >= 0.6 is 0 Å². The van der Waals surface area contributed by atoms with Crippen molar-refractivity contribution in [3.63, 3.8) is 0 Å². The lowest BCUT2D eigenvalue weighted by molar-refractivity contribution is -0.114. The third-order valence-electron chi connectivity index (χ3n) is 4.78. The third-order valence-corrected chi connectivity index (χ3v) is 4.78. The number of nitrogens with one attached hydrogen (secondary N) is 2. The summed E-state index contributed by atoms with van der Waals surface area (Å²) in [7, 11) is 1.83. The standard InChI is InChI=1S/C23H18N6O/c1-26-21-10-16(5-6-27-21)20-13-29-23-19(20)9-18(12-28-23)15-4-2-3-14(7-15)8-17(11-24)22(25)30/h2-10,12-13H,1H3,(H2,25,30)(H,26,27)(H,28,29)/b17-8+. The van der Waals surface area contributed by atoms with Gasteiger partial charge in [-0.15, -0.1) is 0 Å². The van der Waals surface area contributed by atoms with Crippen molar-refractivity contribution in [3.8, 4) is 28.3 Å². The highest BCUT2D eigenvalue weighted by molar-refractivity contribution is 6.01. The van der Waals surface area contributed by atoms with E-state index in [4.69, 9.17) is 11.0 Å². The van der Waals surface area contributed by atoms with Gasteiger partial charge in [0, 0.05) is 42.2 Å². The van der Waals surface area contributed by atoms with E-state index >= 15 is 0 Å². The molecule has 7 heteroatoms. The van der Waals surface area contributed by atoms with Crippen molar-refractivity contribution >= 4 is 28.8 Å². The Morgan fingerprint density at radius 3 is 2.80 bits per heavy atom. The number of anilines is 1. The van der Waals surface area contributed by atoms with Crippen LogP contribution in [-0.2, 0) is 4.79 Å². The van der Waals surface area contributed by atoms with E-state index in [1.165, 1.54) is 6.08 Å². The molecule has 0 aliphatic carbocycles. The number of nitrogens with zero attached hydrogens (tertiary/aromatic N) is 3. The Balaban J connectivity index is 1.79. The third kappa shape index (κ3) is 3.62. The van der Waals surface area contributed by atoms with Crippen LogP contribution in [0.2, 0.25) is 0 Å². The second kappa shape index (κ2) is 7.89. The van der Waals surface area contributed by atoms with Gasteiger partial charge in [0.25, 0.3) is 5.91 Å². The van der Waals surface area contributed by atoms with Gasteiger partial charge in [0.15, 0.2) is 0 Å². The molecule has 4 rings (SSSR count). The van der Waals surface area contributed by atoms with Crippen molar-refractivity contribution in [2.24, 2.45) is 5.73 Å². The molecule has 0 spiro atoms. The molecule has 30 heavy (non-hydrogen) atoms. The fourth-order valence-corrected chi connectivity index (χ4v) is 3.27. The maximum atomic E-state index is 11.3. The van der Waals surface area contributed by atoms with Crippen molar-refractivity contribution in [2.75, 3.05) is 12.4 Å². The molecule has 0 fully saturated rings. The van der Waals surface area contributed by atoms with Crippen LogP contribution in [0.4, 0.5) is 5.82 Å². The van der Waals surface area contributed by atoms with Crippen molar-refractivity contribution in [1.82, 2.24) is 15.0 Å². The number of nitrogens with two attached hydrogens (primary N) is 1. The molecule has 1 amide bonds. The van der Waals surface area contributed by atoms with E-state index in [9.17, 15) is 4.79 Å². The summed E-state index contributed by atoms with van der Waals surface area (Å²) in [6.45, 7) is 0. The average molecular weight is 394 g/mol. The molecule has 0 atom stereocenters. The molecule has 0 unspecified atom stereocenters. The van der Waals surface area contributed by atoms with Crippen LogP contribution in [-0.4, -0.2) is 27.9 Å². The van der Waals surface area contributed by atoms with Gasteiger partial charge in [-0.3, -0.25) is 4.79 Å². The number of rotatable bonds is 5. The molecule has 4 aromatic rings. The van der Waals surface area contributed by atoms with Crippen LogP contribution in [0.5, 0.6) is 0 Å². The Morgan fingerprint density at radius 1 is 1.17 bits per heavy atom. The van der Waals surface area contributed by atoms with Crippen molar-refractivity contribution in [2.45, 2.75) is 0 Å². The summed E-state index contributed by atoms with van der Waals surface area (Å²) >= 11 is 0. The smallest absolute Gasteiger partial charge is 0.259 e. The number of H-pyrrole nitrogens is 1. The molecule has 0 saturated heterocycles. The van der Waals surface area contributed by atoms with Gasteiger partial charge in [-0.1, -0.05) is 18.2 Å². The zero-order chi connectivity index (χ0) is 21.1. The van der Waals surface area contributed by atoms with E-state index in [1.54, 1.807) is 12.4 Å². The maximum Gasteiger partial charge on any atom is 0.259 e. The predicted molar refractivity (Wildman–Crippen MR) is 117 cm³/mol. The number of benzene rings is 1. The molecule has 0 bridgehead atoms. The summed E-state index contributed by atoms with van der Waals surface area (Å²) in [4.78, 5) is 23.4. The molecule has 7 nitrogen and oxygen atoms in total. The zero-order valence-electron chi connectivity index (χ0n) is 16.2. The van der Waals surface area contributed by atoms with Gasteiger partial charge in [0.2, 0.25) is 0 Å². The number of carbonyl (C=O) groups excluding carboxylic acids is 1. The van der Waals surface area contributed by atoms with E-state index in [1.807, 2.05) is 55.7 Å². The summed E-state index contributed by atoms with van der Waals surface area (Å²) in [5, 5.41) is 13.1. The summed E-state index contributed by atoms with van der Waals surface area (Å²) in [6, 6.07) is 15.3. The summed E-state index contributed by atoms with van der Waals surface area (Å²) in [5.41, 5.74) is 10.5. The monoisotopic (exact) mass is 394 g/mol. The topological polar surface area (TPSA) is 120 Å².